The first-order valence-electron chi connectivity index (χ1n) is 7.87. The Hall–Kier alpha value is -1.73. The summed E-state index contributed by atoms with van der Waals surface area (Å²) in [7, 11) is 0. The van der Waals surface area contributed by atoms with Crippen molar-refractivity contribution in [1.29, 1.82) is 0 Å². The molecule has 120 valence electrons. The summed E-state index contributed by atoms with van der Waals surface area (Å²) in [5.41, 5.74) is 0.355. The van der Waals surface area contributed by atoms with E-state index in [1.807, 2.05) is 13.0 Å². The largest absolute Gasteiger partial charge is 0.355 e. The third-order valence-corrected chi connectivity index (χ3v) is 4.08. The second-order valence-corrected chi connectivity index (χ2v) is 5.63. The van der Waals surface area contributed by atoms with Crippen LogP contribution < -0.4 is 10.2 Å². The van der Waals surface area contributed by atoms with Crippen molar-refractivity contribution < 1.29 is 14.3 Å². The summed E-state index contributed by atoms with van der Waals surface area (Å²) in [6, 6.07) is 3.57. The number of nitrogens with zero attached hydrogens (tertiary/aromatic N) is 3. The lowest BCUT2D eigenvalue weighted by molar-refractivity contribution is -0.169. The molecule has 1 amide bonds. The van der Waals surface area contributed by atoms with Gasteiger partial charge in [0.1, 0.15) is 0 Å². The van der Waals surface area contributed by atoms with Crippen molar-refractivity contribution in [2.75, 3.05) is 37.7 Å². The molecule has 1 spiro atoms. The summed E-state index contributed by atoms with van der Waals surface area (Å²) >= 11 is 0. The van der Waals surface area contributed by atoms with E-state index in [0.29, 0.717) is 25.5 Å². The average molecular weight is 306 g/mol. The van der Waals surface area contributed by atoms with Crippen molar-refractivity contribution in [3.63, 3.8) is 0 Å². The second kappa shape index (κ2) is 6.58. The Balaban J connectivity index is 1.58. The van der Waals surface area contributed by atoms with Crippen LogP contribution in [0.25, 0.3) is 0 Å². The zero-order valence-corrected chi connectivity index (χ0v) is 12.9. The van der Waals surface area contributed by atoms with Gasteiger partial charge in [-0.05, 0) is 18.6 Å². The summed E-state index contributed by atoms with van der Waals surface area (Å²) < 4.78 is 11.4. The van der Waals surface area contributed by atoms with Crippen LogP contribution in [0.1, 0.15) is 36.7 Å². The normalized spacial score (nSPS) is 20.3. The van der Waals surface area contributed by atoms with Crippen molar-refractivity contribution >= 4 is 11.7 Å². The Kier molecular flexibility index (Phi) is 4.54. The molecule has 0 saturated carbocycles. The maximum absolute atomic E-state index is 11.8. The number of aromatic nitrogens is 2. The topological polar surface area (TPSA) is 76.6 Å². The highest BCUT2D eigenvalue weighted by Crippen LogP contribution is 2.32. The van der Waals surface area contributed by atoms with Crippen LogP contribution in [0.2, 0.25) is 0 Å². The summed E-state index contributed by atoms with van der Waals surface area (Å²) in [6.45, 7) is 5.65. The molecule has 1 N–H and O–H groups in total. The Morgan fingerprint density at radius 3 is 2.59 bits per heavy atom. The summed E-state index contributed by atoms with van der Waals surface area (Å²) in [5.74, 6) is 0.232. The van der Waals surface area contributed by atoms with E-state index in [-0.39, 0.29) is 11.7 Å². The molecule has 0 atom stereocenters. The Bertz CT molecular complexity index is 504. The van der Waals surface area contributed by atoms with Gasteiger partial charge in [-0.15, -0.1) is 10.2 Å². The van der Waals surface area contributed by atoms with Gasteiger partial charge in [0.05, 0.1) is 13.2 Å². The monoisotopic (exact) mass is 306 g/mol. The number of hydrogen-bond donors (Lipinski definition) is 1. The van der Waals surface area contributed by atoms with E-state index in [0.717, 1.165) is 38.2 Å². The quantitative estimate of drug-likeness (QED) is 0.893. The molecule has 0 aliphatic carbocycles. The minimum atomic E-state index is -0.385. The number of ether oxygens (including phenoxy) is 2. The molecule has 0 unspecified atom stereocenters. The van der Waals surface area contributed by atoms with Crippen molar-refractivity contribution in [2.24, 2.45) is 0 Å². The summed E-state index contributed by atoms with van der Waals surface area (Å²) in [6.07, 6.45) is 2.55. The Morgan fingerprint density at radius 2 is 2.00 bits per heavy atom. The number of anilines is 1. The molecule has 3 heterocycles. The molecular weight excluding hydrogens is 284 g/mol. The van der Waals surface area contributed by atoms with Gasteiger partial charge in [0.2, 0.25) is 0 Å². The minimum absolute atomic E-state index is 0.175. The van der Waals surface area contributed by atoms with Crippen LogP contribution >= 0.6 is 0 Å². The van der Waals surface area contributed by atoms with Gasteiger partial charge in [-0.1, -0.05) is 6.92 Å². The average Bonchev–Trinajstić information content (AvgIpc) is 3.02. The number of nitrogens with one attached hydrogen (secondary N) is 1. The van der Waals surface area contributed by atoms with E-state index in [9.17, 15) is 4.79 Å². The molecule has 1 aromatic rings. The molecule has 22 heavy (non-hydrogen) atoms. The maximum atomic E-state index is 11.8. The standard InChI is InChI=1S/C15H22N4O3/c1-2-7-16-14(20)12-3-4-13(18-17-12)19-8-5-15(6-9-19)21-10-11-22-15/h3-4H,2,5-11H2,1H3,(H,16,20). The zero-order chi connectivity index (χ0) is 15.4. The van der Waals surface area contributed by atoms with Gasteiger partial charge in [-0.3, -0.25) is 4.79 Å². The lowest BCUT2D eigenvalue weighted by atomic mass is 10.0. The molecule has 2 aliphatic heterocycles. The molecule has 3 rings (SSSR count). The lowest BCUT2D eigenvalue weighted by Crippen LogP contribution is -2.45. The van der Waals surface area contributed by atoms with Gasteiger partial charge in [0.15, 0.2) is 17.3 Å². The van der Waals surface area contributed by atoms with Gasteiger partial charge in [-0.2, -0.15) is 0 Å². The summed E-state index contributed by atoms with van der Waals surface area (Å²) in [4.78, 5) is 14.0. The van der Waals surface area contributed by atoms with Gasteiger partial charge in [0, 0.05) is 32.5 Å². The van der Waals surface area contributed by atoms with E-state index >= 15 is 0 Å². The van der Waals surface area contributed by atoms with E-state index in [1.165, 1.54) is 0 Å². The first-order valence-corrected chi connectivity index (χ1v) is 7.87. The molecule has 2 saturated heterocycles. The number of carbonyl (C=O) groups excluding carboxylic acids is 1. The van der Waals surface area contributed by atoms with E-state index in [1.54, 1.807) is 6.07 Å². The fourth-order valence-electron chi connectivity index (χ4n) is 2.81. The highest BCUT2D eigenvalue weighted by atomic mass is 16.7. The van der Waals surface area contributed by atoms with Gasteiger partial charge in [0.25, 0.3) is 5.91 Å². The third-order valence-electron chi connectivity index (χ3n) is 4.08. The van der Waals surface area contributed by atoms with Gasteiger partial charge in [-0.25, -0.2) is 0 Å². The van der Waals surface area contributed by atoms with Crippen molar-refractivity contribution in [2.45, 2.75) is 32.0 Å². The smallest absolute Gasteiger partial charge is 0.271 e. The molecule has 1 aromatic heterocycles. The number of piperidine rings is 1. The number of carbonyl (C=O) groups is 1. The maximum Gasteiger partial charge on any atom is 0.271 e. The molecule has 0 bridgehead atoms. The molecular formula is C15H22N4O3. The van der Waals surface area contributed by atoms with Gasteiger partial charge < -0.3 is 19.7 Å². The number of hydrogen-bond acceptors (Lipinski definition) is 6. The van der Waals surface area contributed by atoms with E-state index < -0.39 is 0 Å². The van der Waals surface area contributed by atoms with E-state index in [2.05, 4.69) is 20.4 Å². The highest BCUT2D eigenvalue weighted by molar-refractivity contribution is 5.92. The second-order valence-electron chi connectivity index (χ2n) is 5.63. The van der Waals surface area contributed by atoms with Crippen LogP contribution in [0.3, 0.4) is 0 Å². The number of amides is 1. The Morgan fingerprint density at radius 1 is 1.27 bits per heavy atom. The molecule has 7 heteroatoms. The molecule has 0 radical (unpaired) electrons. The van der Waals surface area contributed by atoms with Crippen LogP contribution in [-0.2, 0) is 9.47 Å². The predicted octanol–water partition coefficient (Wildman–Crippen LogP) is 0.960. The first-order chi connectivity index (χ1) is 10.7. The SMILES string of the molecule is CCCNC(=O)c1ccc(N2CCC3(CC2)OCCO3)nn1. The van der Waals surface area contributed by atoms with Crippen LogP contribution in [0.15, 0.2) is 12.1 Å². The first kappa shape index (κ1) is 15.2. The van der Waals surface area contributed by atoms with Crippen LogP contribution in [0.5, 0.6) is 0 Å². The van der Waals surface area contributed by atoms with Crippen molar-refractivity contribution in [3.05, 3.63) is 17.8 Å². The summed E-state index contributed by atoms with van der Waals surface area (Å²) in [5, 5.41) is 11.0. The van der Waals surface area contributed by atoms with Crippen LogP contribution in [-0.4, -0.2) is 54.7 Å². The fourth-order valence-corrected chi connectivity index (χ4v) is 2.81. The number of rotatable bonds is 4. The third kappa shape index (κ3) is 3.20. The molecule has 2 aliphatic rings. The van der Waals surface area contributed by atoms with Crippen molar-refractivity contribution in [3.8, 4) is 0 Å². The fraction of sp³-hybridized carbons (Fsp3) is 0.667. The van der Waals surface area contributed by atoms with E-state index in [4.69, 9.17) is 9.47 Å². The zero-order valence-electron chi connectivity index (χ0n) is 12.9. The molecule has 0 aromatic carbocycles. The van der Waals surface area contributed by atoms with Crippen molar-refractivity contribution in [1.82, 2.24) is 15.5 Å². The Labute approximate surface area is 130 Å². The van der Waals surface area contributed by atoms with Crippen LogP contribution in [0.4, 0.5) is 5.82 Å². The highest BCUT2D eigenvalue weighted by Gasteiger charge is 2.40. The molecule has 2 fully saturated rings. The van der Waals surface area contributed by atoms with Crippen LogP contribution in [0, 0.1) is 0 Å². The van der Waals surface area contributed by atoms with Gasteiger partial charge >= 0.3 is 0 Å². The lowest BCUT2D eigenvalue weighted by Gasteiger charge is -2.37. The predicted molar refractivity (Wildman–Crippen MR) is 80.7 cm³/mol. The minimum Gasteiger partial charge on any atom is -0.355 e. The molecule has 7 nitrogen and oxygen atoms in total.